The van der Waals surface area contributed by atoms with E-state index in [4.69, 9.17) is 4.74 Å². The quantitative estimate of drug-likeness (QED) is 0.819. The van der Waals surface area contributed by atoms with Crippen molar-refractivity contribution in [2.24, 2.45) is 0 Å². The molecule has 8 nitrogen and oxygen atoms in total. The second kappa shape index (κ2) is 6.60. The van der Waals surface area contributed by atoms with Crippen molar-refractivity contribution in [1.29, 1.82) is 0 Å². The molecule has 0 fully saturated rings. The van der Waals surface area contributed by atoms with Gasteiger partial charge in [-0.1, -0.05) is 18.2 Å². The fourth-order valence-corrected chi connectivity index (χ4v) is 3.91. The number of benzene rings is 1. The predicted octanol–water partition coefficient (Wildman–Crippen LogP) is 1.59. The predicted molar refractivity (Wildman–Crippen MR) is 92.9 cm³/mol. The second-order valence-electron chi connectivity index (χ2n) is 5.41. The summed E-state index contributed by atoms with van der Waals surface area (Å²) in [6, 6.07) is 10.9. The van der Waals surface area contributed by atoms with Crippen molar-refractivity contribution in [2.75, 3.05) is 12.4 Å². The minimum atomic E-state index is -3.97. The van der Waals surface area contributed by atoms with E-state index in [2.05, 4.69) is 10.3 Å². The first-order valence-corrected chi connectivity index (χ1v) is 9.00. The third-order valence-corrected chi connectivity index (χ3v) is 5.48. The number of fused-ring (bicyclic) bond motifs is 1. The topological polar surface area (TPSA) is 106 Å². The van der Waals surface area contributed by atoms with Crippen LogP contribution in [-0.4, -0.2) is 36.6 Å². The first-order valence-electron chi connectivity index (χ1n) is 7.56. The van der Waals surface area contributed by atoms with Crippen LogP contribution in [0.4, 0.5) is 5.82 Å². The Morgan fingerprint density at radius 3 is 2.46 bits per heavy atom. The number of hydrogen-bond donors (Lipinski definition) is 1. The number of rotatable bonds is 3. The Bertz CT molecular complexity index is 1020. The Morgan fingerprint density at radius 1 is 1.12 bits per heavy atom. The summed E-state index contributed by atoms with van der Waals surface area (Å²) < 4.78 is 31.5. The summed E-state index contributed by atoms with van der Waals surface area (Å²) in [5.74, 6) is -1.33. The van der Waals surface area contributed by atoms with Gasteiger partial charge in [-0.3, -0.25) is 13.9 Å². The number of sulfonamides is 1. The lowest BCUT2D eigenvalue weighted by Gasteiger charge is -2.29. The maximum atomic E-state index is 12.8. The molecule has 2 aromatic rings. The molecule has 0 saturated carbocycles. The van der Waals surface area contributed by atoms with E-state index in [9.17, 15) is 18.0 Å². The molecular formula is C17H15N3O5S. The van der Waals surface area contributed by atoms with Crippen LogP contribution in [0, 0.1) is 0 Å². The van der Waals surface area contributed by atoms with Crippen molar-refractivity contribution in [3.8, 4) is 0 Å². The van der Waals surface area contributed by atoms with E-state index in [1.54, 1.807) is 30.3 Å². The van der Waals surface area contributed by atoms with Gasteiger partial charge >= 0.3 is 5.97 Å². The number of nitrogens with one attached hydrogen (secondary N) is 1. The van der Waals surface area contributed by atoms with E-state index in [1.165, 1.54) is 32.3 Å². The SMILES string of the molecule is CC(=O)OC1=C(C(=O)Nc2ccccn2)N(C)S(=O)(=O)c2ccccc21. The summed E-state index contributed by atoms with van der Waals surface area (Å²) in [5.41, 5.74) is -0.156. The highest BCUT2D eigenvalue weighted by Gasteiger charge is 2.39. The average molecular weight is 373 g/mol. The molecule has 3 rings (SSSR count). The molecule has 1 aromatic heterocycles. The van der Waals surface area contributed by atoms with Gasteiger partial charge in [-0.15, -0.1) is 0 Å². The normalized spacial score (nSPS) is 15.2. The van der Waals surface area contributed by atoms with Gasteiger partial charge in [0.15, 0.2) is 11.5 Å². The summed E-state index contributed by atoms with van der Waals surface area (Å²) in [5, 5.41) is 2.51. The molecule has 1 amide bonds. The molecule has 1 N–H and O–H groups in total. The number of carbonyl (C=O) groups is 2. The van der Waals surface area contributed by atoms with E-state index < -0.39 is 21.9 Å². The van der Waals surface area contributed by atoms with E-state index in [1.807, 2.05) is 0 Å². The molecule has 26 heavy (non-hydrogen) atoms. The standard InChI is InChI=1S/C17H15N3O5S/c1-11(21)25-16-12-7-3-4-8-13(12)26(23,24)20(2)15(16)17(22)19-14-9-5-6-10-18-14/h3-10H,1-2H3,(H,18,19,22). The lowest BCUT2D eigenvalue weighted by Crippen LogP contribution is -2.38. The maximum absolute atomic E-state index is 12.8. The van der Waals surface area contributed by atoms with Gasteiger partial charge in [-0.2, -0.15) is 0 Å². The zero-order valence-corrected chi connectivity index (χ0v) is 14.8. The van der Waals surface area contributed by atoms with Gasteiger partial charge in [-0.25, -0.2) is 13.4 Å². The summed E-state index contributed by atoms with van der Waals surface area (Å²) in [7, 11) is -2.75. The van der Waals surface area contributed by atoms with Crippen LogP contribution in [0.5, 0.6) is 0 Å². The number of esters is 1. The molecule has 1 aromatic carbocycles. The van der Waals surface area contributed by atoms with Crippen molar-refractivity contribution in [1.82, 2.24) is 9.29 Å². The van der Waals surface area contributed by atoms with Crippen LogP contribution in [-0.2, 0) is 24.3 Å². The van der Waals surface area contributed by atoms with Gasteiger partial charge in [0.1, 0.15) is 5.82 Å². The Kier molecular flexibility index (Phi) is 4.47. The molecule has 0 saturated heterocycles. The van der Waals surface area contributed by atoms with Crippen LogP contribution in [0.1, 0.15) is 12.5 Å². The van der Waals surface area contributed by atoms with Gasteiger partial charge in [0.2, 0.25) is 0 Å². The molecule has 1 aliphatic heterocycles. The molecule has 0 atom stereocenters. The highest BCUT2D eigenvalue weighted by Crippen LogP contribution is 2.36. The fourth-order valence-electron chi connectivity index (χ4n) is 2.52. The van der Waals surface area contributed by atoms with E-state index >= 15 is 0 Å². The van der Waals surface area contributed by atoms with Crippen molar-refractivity contribution in [3.05, 3.63) is 59.9 Å². The smallest absolute Gasteiger partial charge is 0.308 e. The lowest BCUT2D eigenvalue weighted by atomic mass is 10.1. The van der Waals surface area contributed by atoms with Crippen LogP contribution in [0.25, 0.3) is 5.76 Å². The monoisotopic (exact) mass is 373 g/mol. The summed E-state index contributed by atoms with van der Waals surface area (Å²) >= 11 is 0. The average Bonchev–Trinajstić information content (AvgIpc) is 2.60. The number of amides is 1. The largest absolute Gasteiger partial charge is 0.424 e. The van der Waals surface area contributed by atoms with Gasteiger partial charge < -0.3 is 10.1 Å². The summed E-state index contributed by atoms with van der Waals surface area (Å²) in [4.78, 5) is 28.2. The Morgan fingerprint density at radius 2 is 1.81 bits per heavy atom. The van der Waals surface area contributed by atoms with Crippen molar-refractivity contribution in [2.45, 2.75) is 11.8 Å². The van der Waals surface area contributed by atoms with E-state index in [0.29, 0.717) is 0 Å². The first-order chi connectivity index (χ1) is 12.3. The molecule has 0 radical (unpaired) electrons. The number of nitrogens with zero attached hydrogens (tertiary/aromatic N) is 2. The molecule has 0 aliphatic carbocycles. The molecule has 1 aliphatic rings. The Hall–Kier alpha value is -3.20. The van der Waals surface area contributed by atoms with Gasteiger partial charge in [0, 0.05) is 25.7 Å². The number of anilines is 1. The minimum Gasteiger partial charge on any atom is -0.424 e. The van der Waals surface area contributed by atoms with Crippen molar-refractivity contribution in [3.63, 3.8) is 0 Å². The third-order valence-electron chi connectivity index (χ3n) is 3.67. The van der Waals surface area contributed by atoms with E-state index in [-0.39, 0.29) is 27.7 Å². The first kappa shape index (κ1) is 17.6. The Labute approximate surface area is 150 Å². The molecule has 0 spiro atoms. The van der Waals surface area contributed by atoms with Crippen molar-refractivity contribution < 1.29 is 22.7 Å². The van der Waals surface area contributed by atoms with Gasteiger partial charge in [0.05, 0.1) is 4.90 Å². The third kappa shape index (κ3) is 3.04. The fraction of sp³-hybridized carbons (Fsp3) is 0.118. The zero-order valence-electron chi connectivity index (χ0n) is 14.0. The second-order valence-corrected chi connectivity index (χ2v) is 7.35. The van der Waals surface area contributed by atoms with Gasteiger partial charge in [0.25, 0.3) is 15.9 Å². The van der Waals surface area contributed by atoms with Crippen molar-refractivity contribution >= 4 is 33.5 Å². The van der Waals surface area contributed by atoms with Crippen LogP contribution in [0.3, 0.4) is 0 Å². The number of ether oxygens (including phenoxy) is 1. The van der Waals surface area contributed by atoms with E-state index in [0.717, 1.165) is 4.31 Å². The number of hydrogen-bond acceptors (Lipinski definition) is 6. The zero-order chi connectivity index (χ0) is 18.9. The number of aromatic nitrogens is 1. The summed E-state index contributed by atoms with van der Waals surface area (Å²) in [6.07, 6.45) is 1.48. The molecule has 0 unspecified atom stereocenters. The highest BCUT2D eigenvalue weighted by atomic mass is 32.2. The molecule has 2 heterocycles. The molecule has 9 heteroatoms. The molecule has 134 valence electrons. The molecule has 0 bridgehead atoms. The van der Waals surface area contributed by atoms with Gasteiger partial charge in [-0.05, 0) is 24.3 Å². The Balaban J connectivity index is 2.18. The van der Waals surface area contributed by atoms with Crippen LogP contribution >= 0.6 is 0 Å². The van der Waals surface area contributed by atoms with Crippen LogP contribution in [0.15, 0.2) is 59.3 Å². The summed E-state index contributed by atoms with van der Waals surface area (Å²) in [6.45, 7) is 1.17. The van der Waals surface area contributed by atoms with Crippen LogP contribution in [0.2, 0.25) is 0 Å². The lowest BCUT2D eigenvalue weighted by molar-refractivity contribution is -0.134. The maximum Gasteiger partial charge on any atom is 0.308 e. The van der Waals surface area contributed by atoms with Crippen LogP contribution < -0.4 is 5.32 Å². The molecular weight excluding hydrogens is 358 g/mol. The minimum absolute atomic E-state index is 0.0480. The number of likely N-dealkylation sites (N-methyl/N-ethyl adjacent to an activating group) is 1. The highest BCUT2D eigenvalue weighted by molar-refractivity contribution is 7.89. The number of carbonyl (C=O) groups excluding carboxylic acids is 2. The number of pyridine rings is 1.